The number of hydrogen-bond donors (Lipinski definition) is 2. The number of alkyl halides is 3. The normalized spacial score (nSPS) is 12.1. The van der Waals surface area contributed by atoms with Crippen LogP contribution in [-0.2, 0) is 27.5 Å². The lowest BCUT2D eigenvalue weighted by molar-refractivity contribution is -0.141. The Kier molecular flexibility index (Phi) is 7.59. The molecular weight excluding hydrogens is 486 g/mol. The largest absolute Gasteiger partial charge is 0.433 e. The Balaban J connectivity index is 1.77. The molecule has 0 saturated heterocycles. The zero-order chi connectivity index (χ0) is 25.8. The molecule has 2 N–H and O–H groups in total. The second kappa shape index (κ2) is 10.3. The lowest BCUT2D eigenvalue weighted by Gasteiger charge is -2.11. The van der Waals surface area contributed by atoms with Gasteiger partial charge in [-0.05, 0) is 48.4 Å². The summed E-state index contributed by atoms with van der Waals surface area (Å²) < 4.78 is 78.3. The number of aromatic nitrogens is 1. The van der Waals surface area contributed by atoms with E-state index in [1.807, 2.05) is 0 Å². The fraction of sp³-hybridized carbons (Fsp3) is 0.167. The summed E-state index contributed by atoms with van der Waals surface area (Å²) in [5, 5.41) is 2.64. The number of carbonyl (C=O) groups excluding carboxylic acids is 1. The van der Waals surface area contributed by atoms with Gasteiger partial charge in [-0.3, -0.25) is 9.52 Å². The highest BCUT2D eigenvalue weighted by Gasteiger charge is 2.33. The second-order valence-corrected chi connectivity index (χ2v) is 9.47. The van der Waals surface area contributed by atoms with Gasteiger partial charge in [0.05, 0.1) is 17.6 Å². The molecule has 1 amide bonds. The minimum Gasteiger partial charge on any atom is -0.348 e. The number of hydrogen-bond acceptors (Lipinski definition) is 4. The third kappa shape index (κ3) is 7.38. The molecule has 0 atom stereocenters. The van der Waals surface area contributed by atoms with Gasteiger partial charge < -0.3 is 5.32 Å². The average molecular weight is 508 g/mol. The summed E-state index contributed by atoms with van der Waals surface area (Å²) in [5.41, 5.74) is 0.867. The van der Waals surface area contributed by atoms with Crippen LogP contribution in [0.15, 0.2) is 60.7 Å². The highest BCUT2D eigenvalue weighted by Crippen LogP contribution is 2.32. The summed E-state index contributed by atoms with van der Waals surface area (Å²) >= 11 is 0. The summed E-state index contributed by atoms with van der Waals surface area (Å²) in [4.78, 5) is 16.0. The molecule has 0 unspecified atom stereocenters. The molecule has 0 radical (unpaired) electrons. The number of pyridine rings is 1. The Hall–Kier alpha value is -3.73. The van der Waals surface area contributed by atoms with Crippen LogP contribution in [0.3, 0.4) is 0 Å². The molecule has 6 nitrogen and oxygen atoms in total. The van der Waals surface area contributed by atoms with Crippen LogP contribution in [0.4, 0.5) is 23.2 Å². The first-order valence-electron chi connectivity index (χ1n) is 10.2. The number of nitrogens with zero attached hydrogens (tertiary/aromatic N) is 1. The van der Waals surface area contributed by atoms with Gasteiger partial charge in [-0.15, -0.1) is 0 Å². The molecule has 11 heteroatoms. The molecule has 0 aliphatic rings. The van der Waals surface area contributed by atoms with Crippen molar-refractivity contribution in [2.24, 2.45) is 0 Å². The maximum atomic E-state index is 13.7. The van der Waals surface area contributed by atoms with Crippen LogP contribution in [0.2, 0.25) is 0 Å². The number of carbonyl (C=O) groups is 1. The van der Waals surface area contributed by atoms with Crippen LogP contribution >= 0.6 is 0 Å². The Morgan fingerprint density at radius 2 is 1.83 bits per heavy atom. The molecule has 2 aromatic carbocycles. The Morgan fingerprint density at radius 1 is 1.09 bits per heavy atom. The monoisotopic (exact) mass is 507 g/mol. The quantitative estimate of drug-likeness (QED) is 0.351. The van der Waals surface area contributed by atoms with Gasteiger partial charge in [0.2, 0.25) is 15.9 Å². The van der Waals surface area contributed by atoms with Crippen LogP contribution in [0, 0.1) is 12.7 Å². The molecule has 3 aromatic rings. The molecule has 0 bridgehead atoms. The topological polar surface area (TPSA) is 88.2 Å². The first-order chi connectivity index (χ1) is 16.3. The minimum atomic E-state index is -4.69. The fourth-order valence-electron chi connectivity index (χ4n) is 3.19. The van der Waals surface area contributed by atoms with Crippen LogP contribution in [0.1, 0.15) is 22.4 Å². The highest BCUT2D eigenvalue weighted by atomic mass is 32.2. The van der Waals surface area contributed by atoms with Gasteiger partial charge in [0, 0.05) is 23.7 Å². The van der Waals surface area contributed by atoms with Gasteiger partial charge >= 0.3 is 6.18 Å². The van der Waals surface area contributed by atoms with E-state index in [-0.39, 0.29) is 23.4 Å². The van der Waals surface area contributed by atoms with E-state index in [2.05, 4.69) is 15.0 Å². The molecule has 0 fully saturated rings. The van der Waals surface area contributed by atoms with Crippen molar-refractivity contribution in [1.82, 2.24) is 10.3 Å². The van der Waals surface area contributed by atoms with Crippen molar-refractivity contribution in [3.05, 3.63) is 88.9 Å². The van der Waals surface area contributed by atoms with Crippen molar-refractivity contribution in [3.63, 3.8) is 0 Å². The van der Waals surface area contributed by atoms with Crippen molar-refractivity contribution >= 4 is 27.7 Å². The lowest BCUT2D eigenvalue weighted by Crippen LogP contribution is -2.20. The summed E-state index contributed by atoms with van der Waals surface area (Å²) in [5.74, 6) is -1.16. The van der Waals surface area contributed by atoms with E-state index in [1.165, 1.54) is 18.2 Å². The molecule has 0 spiro atoms. The van der Waals surface area contributed by atoms with Gasteiger partial charge in [0.1, 0.15) is 11.5 Å². The van der Waals surface area contributed by atoms with E-state index in [1.54, 1.807) is 25.1 Å². The Bertz CT molecular complexity index is 1390. The second-order valence-electron chi connectivity index (χ2n) is 7.72. The predicted molar refractivity (Wildman–Crippen MR) is 125 cm³/mol. The Morgan fingerprint density at radius 3 is 2.46 bits per heavy atom. The number of nitrogens with one attached hydrogen (secondary N) is 2. The first kappa shape index (κ1) is 25.9. The van der Waals surface area contributed by atoms with E-state index >= 15 is 0 Å². The maximum Gasteiger partial charge on any atom is 0.433 e. The van der Waals surface area contributed by atoms with E-state index in [9.17, 15) is 30.8 Å². The zero-order valence-corrected chi connectivity index (χ0v) is 19.5. The first-order valence-corrected chi connectivity index (χ1v) is 12.1. The summed E-state index contributed by atoms with van der Waals surface area (Å²) in [6.45, 7) is 1.84. The average Bonchev–Trinajstić information content (AvgIpc) is 2.76. The van der Waals surface area contributed by atoms with Crippen molar-refractivity contribution in [3.8, 4) is 11.3 Å². The van der Waals surface area contributed by atoms with Crippen molar-refractivity contribution in [2.75, 3.05) is 11.0 Å². The van der Waals surface area contributed by atoms with Crippen LogP contribution in [-0.4, -0.2) is 25.6 Å². The smallest absolute Gasteiger partial charge is 0.348 e. The summed E-state index contributed by atoms with van der Waals surface area (Å²) in [6.07, 6.45) is -1.21. The molecule has 1 aromatic heterocycles. The molecule has 3 rings (SSSR count). The number of anilines is 1. The molecule has 0 aliphatic carbocycles. The highest BCUT2D eigenvalue weighted by molar-refractivity contribution is 7.92. The fourth-order valence-corrected chi connectivity index (χ4v) is 3.82. The summed E-state index contributed by atoms with van der Waals surface area (Å²) in [6, 6.07) is 11.9. The number of aryl methyl sites for hydroxylation is 1. The summed E-state index contributed by atoms with van der Waals surface area (Å²) in [7, 11) is -3.43. The van der Waals surface area contributed by atoms with E-state index < -0.39 is 33.6 Å². The number of halogens is 4. The van der Waals surface area contributed by atoms with E-state index in [0.717, 1.165) is 36.6 Å². The molecule has 0 saturated carbocycles. The van der Waals surface area contributed by atoms with E-state index in [0.29, 0.717) is 16.8 Å². The van der Waals surface area contributed by atoms with Gasteiger partial charge in [0.25, 0.3) is 0 Å². The van der Waals surface area contributed by atoms with Crippen molar-refractivity contribution in [2.45, 2.75) is 19.6 Å². The molecule has 1 heterocycles. The minimum absolute atomic E-state index is 0.118. The van der Waals surface area contributed by atoms with Crippen LogP contribution < -0.4 is 10.0 Å². The molecule has 184 valence electrons. The van der Waals surface area contributed by atoms with Crippen LogP contribution in [0.5, 0.6) is 0 Å². The van der Waals surface area contributed by atoms with Gasteiger partial charge in [-0.2, -0.15) is 13.2 Å². The molecule has 0 aliphatic heterocycles. The van der Waals surface area contributed by atoms with Gasteiger partial charge in [-0.25, -0.2) is 17.8 Å². The molecular formula is C24H21F4N3O3S. The number of sulfonamides is 1. The predicted octanol–water partition coefficient (Wildman–Crippen LogP) is 4.92. The SMILES string of the molecule is Cc1cc(CNC(=O)/C=C/c2ccc(C(F)(F)F)nc2-c2cccc(F)c2)ccc1NS(C)(=O)=O. The van der Waals surface area contributed by atoms with Gasteiger partial charge in [-0.1, -0.05) is 30.3 Å². The van der Waals surface area contributed by atoms with Crippen LogP contribution in [0.25, 0.3) is 17.3 Å². The maximum absolute atomic E-state index is 13.7. The molecule has 35 heavy (non-hydrogen) atoms. The van der Waals surface area contributed by atoms with E-state index in [4.69, 9.17) is 0 Å². The lowest BCUT2D eigenvalue weighted by atomic mass is 10.0. The third-order valence-electron chi connectivity index (χ3n) is 4.78. The zero-order valence-electron chi connectivity index (χ0n) is 18.7. The number of rotatable bonds is 7. The van der Waals surface area contributed by atoms with Crippen molar-refractivity contribution in [1.29, 1.82) is 0 Å². The Labute approximate surface area is 199 Å². The van der Waals surface area contributed by atoms with Crippen molar-refractivity contribution < 1.29 is 30.8 Å². The standard InChI is InChI=1S/C24H21F4N3O3S/c1-15-12-16(6-9-20(15)31-35(2,33)34)14-29-22(32)11-8-17-7-10-21(24(26,27)28)30-23(17)18-4-3-5-19(25)13-18/h3-13,31H,14H2,1-2H3,(H,29,32)/b11-8+. The number of amides is 1. The van der Waals surface area contributed by atoms with Gasteiger partial charge in [0.15, 0.2) is 0 Å². The third-order valence-corrected chi connectivity index (χ3v) is 5.37. The number of benzene rings is 2.